The van der Waals surface area contributed by atoms with Crippen molar-refractivity contribution in [3.63, 3.8) is 0 Å². The highest BCUT2D eigenvalue weighted by molar-refractivity contribution is 7.18. The molecule has 0 aliphatic rings. The Morgan fingerprint density at radius 2 is 1.93 bits per heavy atom. The summed E-state index contributed by atoms with van der Waals surface area (Å²) in [6.45, 7) is 6.12. The molecule has 0 fully saturated rings. The lowest BCUT2D eigenvalue weighted by Crippen LogP contribution is -2.32. The van der Waals surface area contributed by atoms with E-state index in [1.165, 1.54) is 28.4 Å². The molecule has 1 heterocycles. The van der Waals surface area contributed by atoms with Crippen LogP contribution < -0.4 is 4.90 Å². The van der Waals surface area contributed by atoms with Gasteiger partial charge in [-0.2, -0.15) is 0 Å². The molecule has 5 nitrogen and oxygen atoms in total. The number of rotatable bonds is 7. The van der Waals surface area contributed by atoms with Crippen molar-refractivity contribution >= 4 is 40.3 Å². The number of amides is 1. The molecule has 0 saturated heterocycles. The number of carbonyl (C=O) groups excluding carboxylic acids is 2. The third-order valence-corrected chi connectivity index (χ3v) is 6.05. The van der Waals surface area contributed by atoms with Crippen molar-refractivity contribution in [1.29, 1.82) is 0 Å². The Labute approximate surface area is 183 Å². The first kappa shape index (κ1) is 22.1. The summed E-state index contributed by atoms with van der Waals surface area (Å²) in [7, 11) is 0. The fraction of sp³-hybridized carbons (Fsp3) is 0.273. The standard InChI is InChI=1S/C22H21ClFN3O2S/c1-4-5-9-27(21(29)16-7-6-8-18(23)19(16)24)22-26-25-20(30-22)15-10-13(2)17(12-28)14(3)11-15/h6-8,10-12H,4-5,9H2,1-3H3. The molecule has 3 rings (SSSR count). The van der Waals surface area contributed by atoms with Crippen LogP contribution in [0, 0.1) is 19.7 Å². The Kier molecular flexibility index (Phi) is 6.95. The lowest BCUT2D eigenvalue weighted by atomic mass is 10.0. The van der Waals surface area contributed by atoms with Crippen LogP contribution in [0.1, 0.15) is 51.6 Å². The number of benzene rings is 2. The Morgan fingerprint density at radius 1 is 1.23 bits per heavy atom. The summed E-state index contributed by atoms with van der Waals surface area (Å²) in [6, 6.07) is 8.10. The number of aldehydes is 1. The van der Waals surface area contributed by atoms with Gasteiger partial charge in [0.05, 0.1) is 10.6 Å². The minimum absolute atomic E-state index is 0.0997. The molecule has 0 atom stereocenters. The highest BCUT2D eigenvalue weighted by Crippen LogP contribution is 2.32. The number of unbranched alkanes of at least 4 members (excludes halogenated alkanes) is 1. The number of halogens is 2. The summed E-state index contributed by atoms with van der Waals surface area (Å²) in [5.41, 5.74) is 3.06. The summed E-state index contributed by atoms with van der Waals surface area (Å²) < 4.78 is 14.4. The van der Waals surface area contributed by atoms with Gasteiger partial charge in [-0.05, 0) is 55.7 Å². The van der Waals surface area contributed by atoms with Crippen LogP contribution in [-0.4, -0.2) is 28.9 Å². The van der Waals surface area contributed by atoms with Gasteiger partial charge in [0.1, 0.15) is 5.01 Å². The van der Waals surface area contributed by atoms with Crippen LogP contribution in [0.2, 0.25) is 5.02 Å². The third kappa shape index (κ3) is 4.42. The van der Waals surface area contributed by atoms with Crippen LogP contribution in [0.5, 0.6) is 0 Å². The SMILES string of the molecule is CCCCN(C(=O)c1cccc(Cl)c1F)c1nnc(-c2cc(C)c(C=O)c(C)c2)s1. The Hall–Kier alpha value is -2.64. The molecule has 0 unspecified atom stereocenters. The van der Waals surface area contributed by atoms with E-state index in [-0.39, 0.29) is 10.6 Å². The maximum atomic E-state index is 14.4. The van der Waals surface area contributed by atoms with Crippen LogP contribution in [0.3, 0.4) is 0 Å². The predicted molar refractivity (Wildman–Crippen MR) is 118 cm³/mol. The monoisotopic (exact) mass is 445 g/mol. The van der Waals surface area contributed by atoms with Crippen LogP contribution in [0.15, 0.2) is 30.3 Å². The molecule has 8 heteroatoms. The molecular weight excluding hydrogens is 425 g/mol. The van der Waals surface area contributed by atoms with Gasteiger partial charge in [0, 0.05) is 17.7 Å². The summed E-state index contributed by atoms with van der Waals surface area (Å²) in [6.07, 6.45) is 2.43. The molecule has 2 aromatic carbocycles. The number of carbonyl (C=O) groups is 2. The van der Waals surface area contributed by atoms with Gasteiger partial charge in [-0.25, -0.2) is 4.39 Å². The van der Waals surface area contributed by atoms with Crippen molar-refractivity contribution in [2.45, 2.75) is 33.6 Å². The fourth-order valence-electron chi connectivity index (χ4n) is 3.14. The number of hydrogen-bond donors (Lipinski definition) is 0. The molecule has 0 spiro atoms. The summed E-state index contributed by atoms with van der Waals surface area (Å²) in [4.78, 5) is 25.8. The zero-order valence-electron chi connectivity index (χ0n) is 16.9. The Balaban J connectivity index is 1.99. The largest absolute Gasteiger partial charge is 0.298 e. The summed E-state index contributed by atoms with van der Waals surface area (Å²) >= 11 is 7.10. The van der Waals surface area contributed by atoms with E-state index in [4.69, 9.17) is 11.6 Å². The zero-order chi connectivity index (χ0) is 21.8. The predicted octanol–water partition coefficient (Wildman–Crippen LogP) is 5.87. The molecule has 0 aliphatic heterocycles. The lowest BCUT2D eigenvalue weighted by molar-refractivity contribution is 0.0982. The van der Waals surface area contributed by atoms with Crippen LogP contribution >= 0.6 is 22.9 Å². The molecule has 1 amide bonds. The van der Waals surface area contributed by atoms with Gasteiger partial charge in [-0.1, -0.05) is 42.3 Å². The number of aryl methyl sites for hydroxylation is 2. The third-order valence-electron chi connectivity index (χ3n) is 4.77. The van der Waals surface area contributed by atoms with E-state index in [1.807, 2.05) is 32.9 Å². The van der Waals surface area contributed by atoms with Crippen molar-refractivity contribution in [2.24, 2.45) is 0 Å². The van der Waals surface area contributed by atoms with Crippen LogP contribution in [0.25, 0.3) is 10.6 Å². The van der Waals surface area contributed by atoms with Gasteiger partial charge in [-0.15, -0.1) is 10.2 Å². The van der Waals surface area contributed by atoms with Gasteiger partial charge in [0.15, 0.2) is 12.1 Å². The highest BCUT2D eigenvalue weighted by Gasteiger charge is 2.25. The molecule has 0 radical (unpaired) electrons. The second kappa shape index (κ2) is 9.45. The maximum absolute atomic E-state index is 14.4. The van der Waals surface area contributed by atoms with E-state index in [0.29, 0.717) is 22.2 Å². The first-order valence-corrected chi connectivity index (χ1v) is 10.7. The van der Waals surface area contributed by atoms with Gasteiger partial charge in [0.25, 0.3) is 5.91 Å². The molecule has 0 saturated carbocycles. The van der Waals surface area contributed by atoms with Gasteiger partial charge >= 0.3 is 0 Å². The van der Waals surface area contributed by atoms with E-state index in [9.17, 15) is 14.0 Å². The quantitative estimate of drug-likeness (QED) is 0.426. The molecule has 30 heavy (non-hydrogen) atoms. The van der Waals surface area contributed by atoms with Gasteiger partial charge in [0.2, 0.25) is 5.13 Å². The van der Waals surface area contributed by atoms with Crippen LogP contribution in [-0.2, 0) is 0 Å². The average molecular weight is 446 g/mol. The normalized spacial score (nSPS) is 10.8. The second-order valence-corrected chi connectivity index (χ2v) is 8.31. The van der Waals surface area contributed by atoms with E-state index < -0.39 is 11.7 Å². The zero-order valence-corrected chi connectivity index (χ0v) is 18.5. The maximum Gasteiger partial charge on any atom is 0.263 e. The molecule has 0 N–H and O–H groups in total. The van der Waals surface area contributed by atoms with Crippen LogP contribution in [0.4, 0.5) is 9.52 Å². The van der Waals surface area contributed by atoms with Crippen molar-refractivity contribution in [3.8, 4) is 10.6 Å². The van der Waals surface area contributed by atoms with Crippen molar-refractivity contribution in [1.82, 2.24) is 10.2 Å². The lowest BCUT2D eigenvalue weighted by Gasteiger charge is -2.19. The van der Waals surface area contributed by atoms with Gasteiger partial charge < -0.3 is 0 Å². The first-order chi connectivity index (χ1) is 14.4. The van der Waals surface area contributed by atoms with E-state index in [1.54, 1.807) is 6.07 Å². The molecule has 0 aliphatic carbocycles. The minimum Gasteiger partial charge on any atom is -0.298 e. The molecule has 3 aromatic rings. The number of hydrogen-bond acceptors (Lipinski definition) is 5. The number of aromatic nitrogens is 2. The Bertz CT molecular complexity index is 1080. The highest BCUT2D eigenvalue weighted by atomic mass is 35.5. The molecule has 1 aromatic heterocycles. The topological polar surface area (TPSA) is 63.2 Å². The van der Waals surface area contributed by atoms with Gasteiger partial charge in [-0.3, -0.25) is 14.5 Å². The first-order valence-electron chi connectivity index (χ1n) is 9.53. The molecular formula is C22H21ClFN3O2S. The Morgan fingerprint density at radius 3 is 2.57 bits per heavy atom. The second-order valence-electron chi connectivity index (χ2n) is 6.94. The van der Waals surface area contributed by atoms with E-state index in [0.717, 1.165) is 35.8 Å². The average Bonchev–Trinajstić information content (AvgIpc) is 3.20. The summed E-state index contributed by atoms with van der Waals surface area (Å²) in [5, 5.41) is 9.34. The van der Waals surface area contributed by atoms with Crippen molar-refractivity contribution < 1.29 is 14.0 Å². The number of nitrogens with zero attached hydrogens (tertiary/aromatic N) is 3. The van der Waals surface area contributed by atoms with E-state index in [2.05, 4.69) is 10.2 Å². The van der Waals surface area contributed by atoms with Crippen molar-refractivity contribution in [3.05, 3.63) is 63.4 Å². The summed E-state index contributed by atoms with van der Waals surface area (Å²) in [5.74, 6) is -1.25. The smallest absolute Gasteiger partial charge is 0.263 e. The van der Waals surface area contributed by atoms with E-state index >= 15 is 0 Å². The fourth-order valence-corrected chi connectivity index (χ4v) is 4.17. The molecule has 0 bridgehead atoms. The minimum atomic E-state index is -0.744. The molecule has 156 valence electrons. The number of anilines is 1. The van der Waals surface area contributed by atoms with Crippen molar-refractivity contribution in [2.75, 3.05) is 11.4 Å².